The van der Waals surface area contributed by atoms with Crippen LogP contribution in [0.3, 0.4) is 0 Å². The summed E-state index contributed by atoms with van der Waals surface area (Å²) in [4.78, 5) is 19.0. The minimum atomic E-state index is 0.229. The molecule has 3 aromatic heterocycles. The van der Waals surface area contributed by atoms with Gasteiger partial charge in [-0.05, 0) is 62.8 Å². The largest absolute Gasteiger partial charge is 0.497 e. The first-order chi connectivity index (χ1) is 17.0. The quantitative estimate of drug-likeness (QED) is 0.318. The van der Waals surface area contributed by atoms with Gasteiger partial charge in [-0.3, -0.25) is 4.98 Å². The van der Waals surface area contributed by atoms with Crippen molar-refractivity contribution in [2.24, 2.45) is 5.92 Å². The molecule has 8 nitrogen and oxygen atoms in total. The predicted molar refractivity (Wildman–Crippen MR) is 140 cm³/mol. The maximum Gasteiger partial charge on any atom is 0.225 e. The molecule has 0 amide bonds. The number of thiazole rings is 1. The lowest BCUT2D eigenvalue weighted by molar-refractivity contribution is 0.229. The fraction of sp³-hybridized carbons (Fsp3) is 0.385. The van der Waals surface area contributed by atoms with Gasteiger partial charge in [-0.15, -0.1) is 11.3 Å². The number of aliphatic hydroxyl groups is 1. The molecule has 4 aromatic rings. The summed E-state index contributed by atoms with van der Waals surface area (Å²) >= 11 is 1.63. The van der Waals surface area contributed by atoms with Crippen LogP contribution in [0.2, 0.25) is 0 Å². The van der Waals surface area contributed by atoms with Crippen molar-refractivity contribution in [3.8, 4) is 16.3 Å². The monoisotopic (exact) mass is 490 g/mol. The van der Waals surface area contributed by atoms with Gasteiger partial charge in [0, 0.05) is 25.4 Å². The third-order valence-corrected chi connectivity index (χ3v) is 7.58. The molecule has 3 N–H and O–H groups in total. The van der Waals surface area contributed by atoms with Crippen molar-refractivity contribution in [1.29, 1.82) is 0 Å². The highest BCUT2D eigenvalue weighted by Gasteiger charge is 2.27. The molecule has 1 aliphatic rings. The average Bonchev–Trinajstić information content (AvgIpc) is 3.50. The van der Waals surface area contributed by atoms with Crippen molar-refractivity contribution < 1.29 is 9.84 Å². The van der Waals surface area contributed by atoms with Crippen LogP contribution >= 0.6 is 11.3 Å². The molecule has 1 saturated carbocycles. The molecule has 2 atom stereocenters. The average molecular weight is 491 g/mol. The number of aliphatic hydroxyl groups excluding tert-OH is 1. The topological polar surface area (TPSA) is 105 Å². The molecule has 2 unspecified atom stereocenters. The maximum atomic E-state index is 9.60. The third-order valence-electron chi connectivity index (χ3n) is 6.54. The number of hydrogen-bond acceptors (Lipinski definition) is 9. The molecule has 0 saturated heterocycles. The molecule has 3 heterocycles. The minimum absolute atomic E-state index is 0.229. The Kier molecular flexibility index (Phi) is 6.79. The van der Waals surface area contributed by atoms with Gasteiger partial charge in [-0.1, -0.05) is 12.1 Å². The Morgan fingerprint density at radius 1 is 1.06 bits per heavy atom. The van der Waals surface area contributed by atoms with E-state index in [2.05, 4.69) is 15.6 Å². The lowest BCUT2D eigenvalue weighted by Crippen LogP contribution is -2.19. The van der Waals surface area contributed by atoms with E-state index in [9.17, 15) is 5.11 Å². The van der Waals surface area contributed by atoms with Gasteiger partial charge in [0.15, 0.2) is 0 Å². The van der Waals surface area contributed by atoms with Crippen LogP contribution in [-0.4, -0.2) is 44.8 Å². The summed E-state index contributed by atoms with van der Waals surface area (Å²) in [5.74, 6) is 2.52. The summed E-state index contributed by atoms with van der Waals surface area (Å²) in [7, 11) is 1.66. The van der Waals surface area contributed by atoms with Crippen LogP contribution in [0.1, 0.15) is 36.2 Å². The Bertz CT molecular complexity index is 1320. The Morgan fingerprint density at radius 2 is 1.89 bits per heavy atom. The fourth-order valence-corrected chi connectivity index (χ4v) is 5.70. The Morgan fingerprint density at radius 3 is 2.60 bits per heavy atom. The zero-order valence-electron chi connectivity index (χ0n) is 20.2. The Hall–Kier alpha value is -3.30. The van der Waals surface area contributed by atoms with Crippen LogP contribution in [0.5, 0.6) is 5.75 Å². The number of nitrogens with zero attached hydrogens (tertiary/aromatic N) is 4. The molecule has 1 aromatic carbocycles. The van der Waals surface area contributed by atoms with Crippen LogP contribution < -0.4 is 15.4 Å². The highest BCUT2D eigenvalue weighted by Crippen LogP contribution is 2.38. The van der Waals surface area contributed by atoms with Crippen LogP contribution in [0.25, 0.3) is 20.8 Å². The maximum absolute atomic E-state index is 9.60. The second-order valence-corrected chi connectivity index (χ2v) is 10.1. The first kappa shape index (κ1) is 23.4. The molecule has 9 heteroatoms. The zero-order valence-corrected chi connectivity index (χ0v) is 21.0. The smallest absolute Gasteiger partial charge is 0.225 e. The van der Waals surface area contributed by atoms with Crippen molar-refractivity contribution in [2.75, 3.05) is 24.4 Å². The number of nitrogens with one attached hydrogen (secondary N) is 2. The van der Waals surface area contributed by atoms with E-state index in [1.165, 1.54) is 0 Å². The minimum Gasteiger partial charge on any atom is -0.497 e. The lowest BCUT2D eigenvalue weighted by Gasteiger charge is -2.18. The predicted octanol–water partition coefficient (Wildman–Crippen LogP) is 4.96. The highest BCUT2D eigenvalue weighted by atomic mass is 32.1. The molecule has 1 fully saturated rings. The number of benzene rings is 1. The molecule has 35 heavy (non-hydrogen) atoms. The number of aromatic nitrogens is 4. The van der Waals surface area contributed by atoms with E-state index in [1.807, 2.05) is 50.4 Å². The second-order valence-electron chi connectivity index (χ2n) is 9.02. The number of aryl methyl sites for hydroxylation is 2. The number of ether oxygens (including phenoxy) is 1. The molecular weight excluding hydrogens is 460 g/mol. The molecule has 0 bridgehead atoms. The first-order valence-corrected chi connectivity index (χ1v) is 12.7. The van der Waals surface area contributed by atoms with Crippen LogP contribution in [0.4, 0.5) is 11.8 Å². The molecule has 0 spiro atoms. The van der Waals surface area contributed by atoms with E-state index in [4.69, 9.17) is 19.7 Å². The van der Waals surface area contributed by atoms with Gasteiger partial charge in [-0.25, -0.2) is 9.97 Å². The molecular formula is C26H30N6O2S. The third kappa shape index (κ3) is 5.06. The summed E-state index contributed by atoms with van der Waals surface area (Å²) in [5.41, 5.74) is 4.73. The molecule has 182 valence electrons. The van der Waals surface area contributed by atoms with Crippen LogP contribution in [0.15, 0.2) is 36.5 Å². The van der Waals surface area contributed by atoms with Crippen LogP contribution in [0, 0.1) is 19.8 Å². The van der Waals surface area contributed by atoms with Crippen molar-refractivity contribution in [3.05, 3.63) is 53.5 Å². The first-order valence-electron chi connectivity index (χ1n) is 11.9. The van der Waals surface area contributed by atoms with Crippen LogP contribution in [-0.2, 0) is 6.54 Å². The van der Waals surface area contributed by atoms with Crippen molar-refractivity contribution in [1.82, 2.24) is 19.9 Å². The van der Waals surface area contributed by atoms with Gasteiger partial charge in [-0.2, -0.15) is 4.98 Å². The summed E-state index contributed by atoms with van der Waals surface area (Å²) in [5, 5.41) is 17.5. The van der Waals surface area contributed by atoms with Gasteiger partial charge >= 0.3 is 0 Å². The molecule has 0 radical (unpaired) electrons. The second kappa shape index (κ2) is 10.1. The van der Waals surface area contributed by atoms with Gasteiger partial charge in [0.05, 0.1) is 28.8 Å². The summed E-state index contributed by atoms with van der Waals surface area (Å²) in [6, 6.07) is 10.2. The number of pyridine rings is 1. The molecule has 1 aliphatic carbocycles. The van der Waals surface area contributed by atoms with Gasteiger partial charge < -0.3 is 20.5 Å². The van der Waals surface area contributed by atoms with E-state index >= 15 is 0 Å². The number of anilines is 2. The van der Waals surface area contributed by atoms with Crippen molar-refractivity contribution in [3.63, 3.8) is 0 Å². The van der Waals surface area contributed by atoms with Gasteiger partial charge in [0.2, 0.25) is 5.95 Å². The van der Waals surface area contributed by atoms with Gasteiger partial charge in [0.25, 0.3) is 0 Å². The Labute approximate surface area is 208 Å². The van der Waals surface area contributed by atoms with Crippen molar-refractivity contribution >= 4 is 33.3 Å². The zero-order chi connectivity index (χ0) is 24.4. The number of methoxy groups -OCH3 is 1. The van der Waals surface area contributed by atoms with E-state index in [1.54, 1.807) is 18.4 Å². The lowest BCUT2D eigenvalue weighted by atomic mass is 10.1. The van der Waals surface area contributed by atoms with E-state index in [-0.39, 0.29) is 12.6 Å². The fourth-order valence-electron chi connectivity index (χ4n) is 4.59. The summed E-state index contributed by atoms with van der Waals surface area (Å²) < 4.78 is 6.35. The van der Waals surface area contributed by atoms with E-state index in [0.29, 0.717) is 18.4 Å². The number of rotatable bonds is 8. The van der Waals surface area contributed by atoms with E-state index < -0.39 is 0 Å². The van der Waals surface area contributed by atoms with E-state index in [0.717, 1.165) is 68.6 Å². The van der Waals surface area contributed by atoms with Crippen molar-refractivity contribution in [2.45, 2.75) is 45.7 Å². The number of hydrogen-bond donors (Lipinski definition) is 3. The summed E-state index contributed by atoms with van der Waals surface area (Å²) in [6.07, 6.45) is 4.77. The normalized spacial score (nSPS) is 17.6. The number of fused-ring (bicyclic) bond motifs is 1. The molecule has 5 rings (SSSR count). The van der Waals surface area contributed by atoms with Gasteiger partial charge in [0.1, 0.15) is 22.1 Å². The highest BCUT2D eigenvalue weighted by molar-refractivity contribution is 7.21. The standard InChI is InChI=1S/C26H30N6O2S/c1-15-22(25-31-23-16(2)27-11-10-21(23)35-25)24(30-19-7-4-18(12-19)14-33)32-26(29-15)28-13-17-5-8-20(34-3)9-6-17/h5-6,8-11,18-19,33H,4,7,12-14H2,1-3H3,(H2,28,29,30,32). The molecule has 0 aliphatic heterocycles. The summed E-state index contributed by atoms with van der Waals surface area (Å²) in [6.45, 7) is 4.81. The SMILES string of the molecule is COc1ccc(CNc2nc(C)c(-c3nc4c(C)nccc4s3)c(NC3CCC(CO)C3)n2)cc1. The Balaban J connectivity index is 1.47.